The molecule has 0 unspecified atom stereocenters. The van der Waals surface area contributed by atoms with Crippen molar-refractivity contribution in [1.82, 2.24) is 4.90 Å². The quantitative estimate of drug-likeness (QED) is 0.0793. The second-order valence-electron chi connectivity index (χ2n) is 12.2. The number of nitrogens with zero attached hydrogens (tertiary/aromatic N) is 1. The number of hydrogen-bond donors (Lipinski definition) is 1. The van der Waals surface area contributed by atoms with Gasteiger partial charge in [-0.1, -0.05) is 90.9 Å². The van der Waals surface area contributed by atoms with Crippen molar-refractivity contribution in [2.75, 3.05) is 32.8 Å². The molecular formula is C34H65NO5. The molecule has 1 N–H and O–H groups in total. The minimum Gasteiger partial charge on any atom is -0.466 e. The molecule has 0 saturated heterocycles. The van der Waals surface area contributed by atoms with Crippen LogP contribution >= 0.6 is 0 Å². The number of esters is 2. The van der Waals surface area contributed by atoms with Crippen molar-refractivity contribution >= 4 is 11.9 Å². The Hall–Kier alpha value is -1.14. The number of aliphatic hydroxyl groups is 1. The Bertz CT molecular complexity index is 591. The SMILES string of the molecule is CCCCCCCOC(=O)CCCCCCCN(CCO)CCCCCC(=O)OC1CCC(CCCCC)CC1. The molecule has 1 aliphatic carbocycles. The normalized spacial score (nSPS) is 17.3. The molecule has 1 saturated carbocycles. The summed E-state index contributed by atoms with van der Waals surface area (Å²) in [5.74, 6) is 0.782. The summed E-state index contributed by atoms with van der Waals surface area (Å²) in [5.41, 5.74) is 0. The topological polar surface area (TPSA) is 76.1 Å². The fourth-order valence-corrected chi connectivity index (χ4v) is 5.82. The van der Waals surface area contributed by atoms with Crippen molar-refractivity contribution in [3.63, 3.8) is 0 Å². The Morgan fingerprint density at radius 3 is 1.88 bits per heavy atom. The third kappa shape index (κ3) is 21.6. The highest BCUT2D eigenvalue weighted by Crippen LogP contribution is 2.30. The molecule has 1 aliphatic rings. The average Bonchev–Trinajstić information content (AvgIpc) is 2.95. The van der Waals surface area contributed by atoms with Gasteiger partial charge in [0, 0.05) is 19.4 Å². The molecule has 0 bridgehead atoms. The molecule has 0 amide bonds. The highest BCUT2D eigenvalue weighted by atomic mass is 16.5. The number of carbonyl (C=O) groups excluding carboxylic acids is 2. The first kappa shape index (κ1) is 36.9. The van der Waals surface area contributed by atoms with Gasteiger partial charge >= 0.3 is 11.9 Å². The molecule has 0 aliphatic heterocycles. The standard InChI is InChI=1S/C34H65NO5/c1-3-5-7-11-18-30-39-33(37)20-14-9-8-10-16-26-35(28-29-36)27-17-12-15-21-34(38)40-32-24-22-31(23-25-32)19-13-6-4-2/h31-32,36H,3-30H2,1-2H3. The first-order valence-electron chi connectivity index (χ1n) is 17.3. The highest BCUT2D eigenvalue weighted by Gasteiger charge is 2.23. The van der Waals surface area contributed by atoms with E-state index in [1.807, 2.05) is 0 Å². The lowest BCUT2D eigenvalue weighted by atomic mass is 9.84. The first-order valence-corrected chi connectivity index (χ1v) is 17.3. The molecule has 0 radical (unpaired) electrons. The third-order valence-corrected chi connectivity index (χ3v) is 8.45. The molecule has 0 atom stereocenters. The Kier molecular flexibility index (Phi) is 24.7. The summed E-state index contributed by atoms with van der Waals surface area (Å²) in [6.45, 7) is 7.92. The zero-order valence-corrected chi connectivity index (χ0v) is 26.5. The smallest absolute Gasteiger partial charge is 0.306 e. The summed E-state index contributed by atoms with van der Waals surface area (Å²) in [5, 5.41) is 9.43. The summed E-state index contributed by atoms with van der Waals surface area (Å²) in [6.07, 6.45) is 25.3. The Balaban J connectivity index is 1.98. The van der Waals surface area contributed by atoms with Gasteiger partial charge < -0.3 is 19.5 Å². The molecule has 0 aromatic heterocycles. The lowest BCUT2D eigenvalue weighted by Gasteiger charge is -2.28. The van der Waals surface area contributed by atoms with Gasteiger partial charge in [-0.3, -0.25) is 9.59 Å². The predicted molar refractivity (Wildman–Crippen MR) is 165 cm³/mol. The summed E-state index contributed by atoms with van der Waals surface area (Å²) < 4.78 is 11.1. The van der Waals surface area contributed by atoms with E-state index < -0.39 is 0 Å². The van der Waals surface area contributed by atoms with Gasteiger partial charge in [0.05, 0.1) is 13.2 Å². The van der Waals surface area contributed by atoms with E-state index in [0.29, 0.717) is 26.0 Å². The summed E-state index contributed by atoms with van der Waals surface area (Å²) in [4.78, 5) is 26.5. The molecule has 6 nitrogen and oxygen atoms in total. The van der Waals surface area contributed by atoms with Crippen LogP contribution in [0.25, 0.3) is 0 Å². The van der Waals surface area contributed by atoms with Crippen LogP contribution in [-0.2, 0) is 19.1 Å². The van der Waals surface area contributed by atoms with Crippen LogP contribution in [0.5, 0.6) is 0 Å². The first-order chi connectivity index (χ1) is 19.6. The summed E-state index contributed by atoms with van der Waals surface area (Å²) in [6, 6.07) is 0. The fraction of sp³-hybridized carbons (Fsp3) is 0.941. The van der Waals surface area contributed by atoms with E-state index in [4.69, 9.17) is 9.47 Å². The number of ether oxygens (including phenoxy) is 2. The van der Waals surface area contributed by atoms with Gasteiger partial charge in [0.15, 0.2) is 0 Å². The molecule has 1 rings (SSSR count). The maximum Gasteiger partial charge on any atom is 0.306 e. The second kappa shape index (κ2) is 26.7. The molecule has 0 aromatic rings. The van der Waals surface area contributed by atoms with Crippen LogP contribution in [0.4, 0.5) is 0 Å². The highest BCUT2D eigenvalue weighted by molar-refractivity contribution is 5.69. The Morgan fingerprint density at radius 1 is 0.650 bits per heavy atom. The van der Waals surface area contributed by atoms with Crippen molar-refractivity contribution in [2.24, 2.45) is 5.92 Å². The van der Waals surface area contributed by atoms with Crippen molar-refractivity contribution in [3.05, 3.63) is 0 Å². The molecule has 236 valence electrons. The van der Waals surface area contributed by atoms with Crippen LogP contribution < -0.4 is 0 Å². The summed E-state index contributed by atoms with van der Waals surface area (Å²) in [7, 11) is 0. The number of unbranched alkanes of at least 4 members (excludes halogenated alkanes) is 12. The van der Waals surface area contributed by atoms with Crippen LogP contribution in [0.15, 0.2) is 0 Å². The van der Waals surface area contributed by atoms with Gasteiger partial charge in [-0.15, -0.1) is 0 Å². The Labute approximate surface area is 247 Å². The van der Waals surface area contributed by atoms with E-state index in [2.05, 4.69) is 18.7 Å². The molecule has 0 heterocycles. The zero-order chi connectivity index (χ0) is 29.1. The third-order valence-electron chi connectivity index (χ3n) is 8.45. The minimum atomic E-state index is -0.0434. The van der Waals surface area contributed by atoms with Crippen molar-refractivity contribution in [1.29, 1.82) is 0 Å². The molecule has 40 heavy (non-hydrogen) atoms. The van der Waals surface area contributed by atoms with Crippen molar-refractivity contribution in [2.45, 2.75) is 168 Å². The van der Waals surface area contributed by atoms with E-state index in [1.165, 1.54) is 57.8 Å². The Morgan fingerprint density at radius 2 is 1.20 bits per heavy atom. The van der Waals surface area contributed by atoms with Gasteiger partial charge in [-0.25, -0.2) is 0 Å². The number of carbonyl (C=O) groups is 2. The van der Waals surface area contributed by atoms with Crippen LogP contribution in [0, 0.1) is 5.92 Å². The van der Waals surface area contributed by atoms with E-state index in [-0.39, 0.29) is 24.6 Å². The van der Waals surface area contributed by atoms with Crippen LogP contribution in [0.1, 0.15) is 162 Å². The van der Waals surface area contributed by atoms with Gasteiger partial charge in [-0.05, 0) is 76.8 Å². The maximum atomic E-state index is 12.3. The van der Waals surface area contributed by atoms with Crippen molar-refractivity contribution < 1.29 is 24.2 Å². The molecule has 6 heteroatoms. The van der Waals surface area contributed by atoms with Crippen LogP contribution in [0.2, 0.25) is 0 Å². The largest absolute Gasteiger partial charge is 0.466 e. The maximum absolute atomic E-state index is 12.3. The van der Waals surface area contributed by atoms with E-state index in [1.54, 1.807) is 0 Å². The van der Waals surface area contributed by atoms with Crippen LogP contribution in [0.3, 0.4) is 0 Å². The fourth-order valence-electron chi connectivity index (χ4n) is 5.82. The molecule has 0 spiro atoms. The summed E-state index contributed by atoms with van der Waals surface area (Å²) >= 11 is 0. The molecular weight excluding hydrogens is 502 g/mol. The van der Waals surface area contributed by atoms with E-state index in [9.17, 15) is 14.7 Å². The number of aliphatic hydroxyl groups excluding tert-OH is 1. The van der Waals surface area contributed by atoms with Crippen LogP contribution in [-0.4, -0.2) is 60.9 Å². The zero-order valence-electron chi connectivity index (χ0n) is 26.5. The lowest BCUT2D eigenvalue weighted by molar-refractivity contribution is -0.151. The lowest BCUT2D eigenvalue weighted by Crippen LogP contribution is -2.29. The van der Waals surface area contributed by atoms with Gasteiger partial charge in [0.1, 0.15) is 6.10 Å². The number of hydrogen-bond acceptors (Lipinski definition) is 6. The van der Waals surface area contributed by atoms with E-state index in [0.717, 1.165) is 96.1 Å². The molecule has 1 fully saturated rings. The van der Waals surface area contributed by atoms with Crippen molar-refractivity contribution in [3.8, 4) is 0 Å². The number of rotatable bonds is 27. The minimum absolute atomic E-state index is 0.0164. The monoisotopic (exact) mass is 567 g/mol. The van der Waals surface area contributed by atoms with E-state index >= 15 is 0 Å². The molecule has 0 aromatic carbocycles. The van der Waals surface area contributed by atoms with Gasteiger partial charge in [-0.2, -0.15) is 0 Å². The predicted octanol–water partition coefficient (Wildman–Crippen LogP) is 8.38. The van der Waals surface area contributed by atoms with Gasteiger partial charge in [0.25, 0.3) is 0 Å². The second-order valence-corrected chi connectivity index (χ2v) is 12.2. The average molecular weight is 568 g/mol. The van der Waals surface area contributed by atoms with Gasteiger partial charge in [0.2, 0.25) is 0 Å².